The molecule has 0 aliphatic carbocycles. The predicted octanol–water partition coefficient (Wildman–Crippen LogP) is 2.26. The Bertz CT molecular complexity index is 675. The molecule has 0 saturated heterocycles. The molecule has 1 aromatic carbocycles. The molecule has 0 radical (unpaired) electrons. The first-order valence-electron chi connectivity index (χ1n) is 7.06. The van der Waals surface area contributed by atoms with Gasteiger partial charge < -0.3 is 5.32 Å². The molecule has 0 unspecified atom stereocenters. The molecule has 1 aromatic heterocycles. The number of nitrogens with one attached hydrogen (secondary N) is 1. The van der Waals surface area contributed by atoms with E-state index in [1.807, 2.05) is 26.2 Å². The Labute approximate surface area is 125 Å². The van der Waals surface area contributed by atoms with Crippen molar-refractivity contribution in [2.24, 2.45) is 7.05 Å². The predicted molar refractivity (Wildman–Crippen MR) is 84.2 cm³/mol. The third kappa shape index (κ3) is 4.32. The molecule has 2 rings (SSSR count). The molecule has 114 valence electrons. The second kappa shape index (κ2) is 6.76. The average molecular weight is 307 g/mol. The highest BCUT2D eigenvalue weighted by Gasteiger charge is 2.12. The summed E-state index contributed by atoms with van der Waals surface area (Å²) in [6.45, 7) is 2.63. The van der Waals surface area contributed by atoms with Gasteiger partial charge in [0, 0.05) is 31.9 Å². The molecule has 2 aromatic rings. The molecular formula is C15H21N3O2S. The van der Waals surface area contributed by atoms with Crippen LogP contribution in [0.25, 0.3) is 0 Å². The van der Waals surface area contributed by atoms with Crippen LogP contribution in [0.2, 0.25) is 0 Å². The summed E-state index contributed by atoms with van der Waals surface area (Å²) in [5.41, 5.74) is 1.95. The van der Waals surface area contributed by atoms with E-state index in [9.17, 15) is 8.42 Å². The maximum atomic E-state index is 11.9. The Morgan fingerprint density at radius 1 is 1.19 bits per heavy atom. The van der Waals surface area contributed by atoms with E-state index in [1.165, 1.54) is 0 Å². The number of hydrogen-bond acceptors (Lipinski definition) is 4. The highest BCUT2D eigenvalue weighted by atomic mass is 32.2. The molecule has 0 atom stereocenters. The topological polar surface area (TPSA) is 64.0 Å². The smallest absolute Gasteiger partial charge is 0.178 e. The van der Waals surface area contributed by atoms with E-state index < -0.39 is 9.84 Å². The summed E-state index contributed by atoms with van der Waals surface area (Å²) in [5, 5.41) is 7.58. The first-order chi connectivity index (χ1) is 10.0. The number of hydrogen-bond donors (Lipinski definition) is 1. The van der Waals surface area contributed by atoms with Crippen LogP contribution in [0.15, 0.2) is 41.4 Å². The zero-order valence-electron chi connectivity index (χ0n) is 12.4. The van der Waals surface area contributed by atoms with Gasteiger partial charge in [-0.05, 0) is 36.8 Å². The monoisotopic (exact) mass is 307 g/mol. The number of rotatable bonds is 7. The van der Waals surface area contributed by atoms with Gasteiger partial charge in [-0.3, -0.25) is 4.68 Å². The van der Waals surface area contributed by atoms with Crippen LogP contribution >= 0.6 is 0 Å². The Morgan fingerprint density at radius 2 is 1.90 bits per heavy atom. The summed E-state index contributed by atoms with van der Waals surface area (Å²) in [7, 11) is -1.23. The van der Waals surface area contributed by atoms with Crippen molar-refractivity contribution in [2.75, 3.05) is 17.6 Å². The molecule has 0 bridgehead atoms. The van der Waals surface area contributed by atoms with Gasteiger partial charge in [0.25, 0.3) is 0 Å². The molecular weight excluding hydrogens is 286 g/mol. The SMILES string of the molecule is CCCS(=O)(=O)c1ccc(NCCc2ccn(C)n2)cc1. The van der Waals surface area contributed by atoms with E-state index >= 15 is 0 Å². The van der Waals surface area contributed by atoms with Crippen LogP contribution < -0.4 is 5.32 Å². The van der Waals surface area contributed by atoms with E-state index in [0.29, 0.717) is 11.3 Å². The van der Waals surface area contributed by atoms with Crippen molar-refractivity contribution in [3.05, 3.63) is 42.2 Å². The lowest BCUT2D eigenvalue weighted by Gasteiger charge is -2.07. The van der Waals surface area contributed by atoms with E-state index in [0.717, 1.165) is 24.3 Å². The van der Waals surface area contributed by atoms with Crippen LogP contribution in [-0.4, -0.2) is 30.5 Å². The largest absolute Gasteiger partial charge is 0.385 e. The highest BCUT2D eigenvalue weighted by Crippen LogP contribution is 2.16. The van der Waals surface area contributed by atoms with E-state index in [2.05, 4.69) is 10.4 Å². The van der Waals surface area contributed by atoms with Gasteiger partial charge in [0.1, 0.15) is 0 Å². The van der Waals surface area contributed by atoms with Crippen molar-refractivity contribution >= 4 is 15.5 Å². The fourth-order valence-electron chi connectivity index (χ4n) is 2.10. The third-order valence-corrected chi connectivity index (χ3v) is 5.10. The number of anilines is 1. The first-order valence-corrected chi connectivity index (χ1v) is 8.72. The van der Waals surface area contributed by atoms with Crippen molar-refractivity contribution < 1.29 is 8.42 Å². The number of aryl methyl sites for hydroxylation is 1. The fourth-order valence-corrected chi connectivity index (χ4v) is 3.42. The van der Waals surface area contributed by atoms with E-state index in [-0.39, 0.29) is 5.75 Å². The number of aromatic nitrogens is 2. The maximum absolute atomic E-state index is 11.9. The van der Waals surface area contributed by atoms with Gasteiger partial charge in [-0.15, -0.1) is 0 Å². The quantitative estimate of drug-likeness (QED) is 0.852. The van der Waals surface area contributed by atoms with Crippen LogP contribution in [0.5, 0.6) is 0 Å². The summed E-state index contributed by atoms with van der Waals surface area (Å²) in [6.07, 6.45) is 3.38. The molecule has 1 heterocycles. The van der Waals surface area contributed by atoms with Gasteiger partial charge >= 0.3 is 0 Å². The minimum Gasteiger partial charge on any atom is -0.385 e. The lowest BCUT2D eigenvalue weighted by Crippen LogP contribution is -2.07. The number of nitrogens with zero attached hydrogens (tertiary/aromatic N) is 2. The number of sulfone groups is 1. The van der Waals surface area contributed by atoms with Gasteiger partial charge in [-0.1, -0.05) is 6.92 Å². The molecule has 0 aliphatic rings. The zero-order chi connectivity index (χ0) is 15.3. The first kappa shape index (κ1) is 15.6. The second-order valence-corrected chi connectivity index (χ2v) is 7.11. The highest BCUT2D eigenvalue weighted by molar-refractivity contribution is 7.91. The molecule has 0 aliphatic heterocycles. The minimum absolute atomic E-state index is 0.194. The Morgan fingerprint density at radius 3 is 2.48 bits per heavy atom. The van der Waals surface area contributed by atoms with Gasteiger partial charge in [0.15, 0.2) is 9.84 Å². The van der Waals surface area contributed by atoms with Crippen LogP contribution in [0, 0.1) is 0 Å². The summed E-state index contributed by atoms with van der Waals surface area (Å²) in [6, 6.07) is 8.92. The normalized spacial score (nSPS) is 11.5. The average Bonchev–Trinajstić information content (AvgIpc) is 2.85. The Hall–Kier alpha value is -1.82. The molecule has 6 heteroatoms. The lowest BCUT2D eigenvalue weighted by atomic mass is 10.3. The summed E-state index contributed by atoms with van der Waals surface area (Å²) in [5.74, 6) is 0.194. The van der Waals surface area contributed by atoms with Crippen LogP contribution in [0.4, 0.5) is 5.69 Å². The molecule has 0 fully saturated rings. The van der Waals surface area contributed by atoms with Crippen molar-refractivity contribution in [3.8, 4) is 0 Å². The van der Waals surface area contributed by atoms with Crippen LogP contribution in [-0.2, 0) is 23.3 Å². The van der Waals surface area contributed by atoms with Gasteiger partial charge in [0.2, 0.25) is 0 Å². The molecule has 21 heavy (non-hydrogen) atoms. The molecule has 1 N–H and O–H groups in total. The molecule has 0 saturated carbocycles. The molecule has 0 spiro atoms. The van der Waals surface area contributed by atoms with E-state index in [1.54, 1.807) is 28.9 Å². The van der Waals surface area contributed by atoms with Crippen molar-refractivity contribution in [2.45, 2.75) is 24.7 Å². The fraction of sp³-hybridized carbons (Fsp3) is 0.400. The van der Waals surface area contributed by atoms with Crippen molar-refractivity contribution in [1.29, 1.82) is 0 Å². The summed E-state index contributed by atoms with van der Waals surface area (Å²) in [4.78, 5) is 0.389. The Balaban J connectivity index is 1.90. The van der Waals surface area contributed by atoms with Crippen molar-refractivity contribution in [3.63, 3.8) is 0 Å². The molecule has 0 amide bonds. The summed E-state index contributed by atoms with van der Waals surface area (Å²) >= 11 is 0. The summed E-state index contributed by atoms with van der Waals surface area (Å²) < 4.78 is 25.6. The van der Waals surface area contributed by atoms with Gasteiger partial charge in [0.05, 0.1) is 16.3 Å². The van der Waals surface area contributed by atoms with E-state index in [4.69, 9.17) is 0 Å². The lowest BCUT2D eigenvalue weighted by molar-refractivity contribution is 0.595. The van der Waals surface area contributed by atoms with Crippen LogP contribution in [0.1, 0.15) is 19.0 Å². The standard InChI is InChI=1S/C15H21N3O2S/c1-3-12-21(19,20)15-6-4-13(5-7-15)16-10-8-14-9-11-18(2)17-14/h4-7,9,11,16H,3,8,10,12H2,1-2H3. The van der Waals surface area contributed by atoms with Crippen molar-refractivity contribution in [1.82, 2.24) is 9.78 Å². The van der Waals surface area contributed by atoms with Crippen LogP contribution in [0.3, 0.4) is 0 Å². The van der Waals surface area contributed by atoms with Gasteiger partial charge in [-0.2, -0.15) is 5.10 Å². The Kier molecular flexibility index (Phi) is 5.01. The number of benzene rings is 1. The second-order valence-electron chi connectivity index (χ2n) is 5.00. The molecule has 5 nitrogen and oxygen atoms in total. The minimum atomic E-state index is -3.13. The zero-order valence-corrected chi connectivity index (χ0v) is 13.2. The van der Waals surface area contributed by atoms with Gasteiger partial charge in [-0.25, -0.2) is 8.42 Å². The third-order valence-electron chi connectivity index (χ3n) is 3.17. The maximum Gasteiger partial charge on any atom is 0.178 e.